The highest BCUT2D eigenvalue weighted by molar-refractivity contribution is 7.89. The molecular weight excluding hydrogens is 286 g/mol. The molecule has 2 aromatic rings. The third kappa shape index (κ3) is 2.97. The maximum atomic E-state index is 12.2. The summed E-state index contributed by atoms with van der Waals surface area (Å²) in [6, 6.07) is 5.20. The number of allylic oxidation sites excluding steroid dienone is 1. The van der Waals surface area contributed by atoms with Crippen LogP contribution in [0.25, 0.3) is 5.65 Å². The lowest BCUT2D eigenvalue weighted by Crippen LogP contribution is -2.26. The Morgan fingerprint density at radius 1 is 1.47 bits per heavy atom. The maximum absolute atomic E-state index is 12.2. The maximum Gasteiger partial charge on any atom is 0.259 e. The Hall–Kier alpha value is -1.37. The van der Waals surface area contributed by atoms with Gasteiger partial charge in [0.2, 0.25) is 0 Å². The second-order valence-electron chi connectivity index (χ2n) is 3.89. The quantitative estimate of drug-likeness (QED) is 0.680. The number of rotatable bonds is 5. The van der Waals surface area contributed by atoms with Crippen molar-refractivity contribution >= 4 is 27.3 Å². The molecule has 0 aliphatic rings. The Labute approximate surface area is 117 Å². The number of fused-ring (bicyclic) bond motifs is 1. The van der Waals surface area contributed by atoms with Gasteiger partial charge in [0.25, 0.3) is 10.0 Å². The number of pyridine rings is 1. The molecule has 2 heterocycles. The van der Waals surface area contributed by atoms with E-state index in [2.05, 4.69) is 9.71 Å². The molecule has 5 nitrogen and oxygen atoms in total. The van der Waals surface area contributed by atoms with Crippen LogP contribution in [0.3, 0.4) is 0 Å². The largest absolute Gasteiger partial charge is 0.288 e. The van der Waals surface area contributed by atoms with Gasteiger partial charge in [0.1, 0.15) is 5.65 Å². The molecule has 0 saturated heterocycles. The van der Waals surface area contributed by atoms with Crippen molar-refractivity contribution in [2.24, 2.45) is 0 Å². The smallest absolute Gasteiger partial charge is 0.259 e. The molecule has 0 atom stereocenters. The van der Waals surface area contributed by atoms with Gasteiger partial charge >= 0.3 is 0 Å². The van der Waals surface area contributed by atoms with Crippen molar-refractivity contribution in [1.82, 2.24) is 14.1 Å². The molecule has 0 aliphatic heterocycles. The zero-order valence-electron chi connectivity index (χ0n) is 10.4. The van der Waals surface area contributed by atoms with E-state index in [9.17, 15) is 8.42 Å². The molecular formula is C12H14ClN3O2S. The van der Waals surface area contributed by atoms with Crippen molar-refractivity contribution in [3.63, 3.8) is 0 Å². The highest BCUT2D eigenvalue weighted by Crippen LogP contribution is 2.22. The highest BCUT2D eigenvalue weighted by Gasteiger charge is 2.23. The summed E-state index contributed by atoms with van der Waals surface area (Å²) in [7, 11) is -3.67. The molecule has 0 bridgehead atoms. The second-order valence-corrected chi connectivity index (χ2v) is 5.93. The predicted molar refractivity (Wildman–Crippen MR) is 74.8 cm³/mol. The lowest BCUT2D eigenvalue weighted by molar-refractivity contribution is 0.577. The van der Waals surface area contributed by atoms with Crippen molar-refractivity contribution in [2.75, 3.05) is 6.54 Å². The summed E-state index contributed by atoms with van der Waals surface area (Å²) in [5.74, 6) is 0. The fourth-order valence-corrected chi connectivity index (χ4v) is 3.38. The Bertz CT molecular complexity index is 707. The van der Waals surface area contributed by atoms with E-state index in [0.29, 0.717) is 18.6 Å². The van der Waals surface area contributed by atoms with Crippen LogP contribution in [0.15, 0.2) is 41.6 Å². The SMILES string of the molecule is C/C=C/CCNS(=O)(=O)c1c(Cl)nc2ccccn12. The normalized spacial score (nSPS) is 12.5. The molecule has 2 rings (SSSR count). The van der Waals surface area contributed by atoms with Crippen molar-refractivity contribution < 1.29 is 8.42 Å². The lowest BCUT2D eigenvalue weighted by Gasteiger charge is -2.05. The summed E-state index contributed by atoms with van der Waals surface area (Å²) in [5.41, 5.74) is 0.501. The number of halogens is 1. The molecule has 0 amide bonds. The molecule has 0 fully saturated rings. The van der Waals surface area contributed by atoms with E-state index in [4.69, 9.17) is 11.6 Å². The molecule has 19 heavy (non-hydrogen) atoms. The fraction of sp³-hybridized carbons (Fsp3) is 0.250. The van der Waals surface area contributed by atoms with Gasteiger partial charge in [0.05, 0.1) is 0 Å². The van der Waals surface area contributed by atoms with Gasteiger partial charge in [0, 0.05) is 12.7 Å². The average Bonchev–Trinajstić information content (AvgIpc) is 2.71. The van der Waals surface area contributed by atoms with Crippen molar-refractivity contribution in [3.05, 3.63) is 41.7 Å². The molecule has 0 saturated carbocycles. The van der Waals surface area contributed by atoms with Gasteiger partial charge in [0.15, 0.2) is 10.2 Å². The number of nitrogens with zero attached hydrogens (tertiary/aromatic N) is 2. The zero-order chi connectivity index (χ0) is 13.9. The zero-order valence-corrected chi connectivity index (χ0v) is 11.9. The first-order chi connectivity index (χ1) is 9.06. The van der Waals surface area contributed by atoms with Crippen LogP contribution in [0, 0.1) is 0 Å². The lowest BCUT2D eigenvalue weighted by atomic mass is 10.4. The van der Waals surface area contributed by atoms with E-state index in [0.717, 1.165) is 0 Å². The van der Waals surface area contributed by atoms with E-state index in [1.165, 1.54) is 4.40 Å². The molecule has 0 radical (unpaired) electrons. The Morgan fingerprint density at radius 2 is 2.26 bits per heavy atom. The molecule has 2 aromatic heterocycles. The van der Waals surface area contributed by atoms with Gasteiger partial charge in [-0.3, -0.25) is 4.40 Å². The van der Waals surface area contributed by atoms with Gasteiger partial charge in [-0.1, -0.05) is 29.8 Å². The van der Waals surface area contributed by atoms with Crippen LogP contribution in [0.1, 0.15) is 13.3 Å². The Kier molecular flexibility index (Phi) is 4.24. The van der Waals surface area contributed by atoms with Crippen molar-refractivity contribution in [1.29, 1.82) is 0 Å². The summed E-state index contributed by atoms with van der Waals surface area (Å²) in [5, 5.41) is -0.0463. The number of imidazole rings is 1. The first kappa shape index (κ1) is 14.0. The number of hydrogen-bond acceptors (Lipinski definition) is 3. The Balaban J connectivity index is 2.35. The van der Waals surface area contributed by atoms with Gasteiger partial charge in [-0.2, -0.15) is 0 Å². The summed E-state index contributed by atoms with van der Waals surface area (Å²) in [6.45, 7) is 2.21. The third-order valence-electron chi connectivity index (χ3n) is 2.54. The molecule has 1 N–H and O–H groups in total. The standard InChI is InChI=1S/C12H14ClN3O2S/c1-2-3-5-8-14-19(17,18)12-11(13)15-10-7-4-6-9-16(10)12/h2-4,6-7,9,14H,5,8H2,1H3/b3-2+. The fourth-order valence-electron chi connectivity index (χ4n) is 1.70. The highest BCUT2D eigenvalue weighted by atomic mass is 35.5. The first-order valence-corrected chi connectivity index (χ1v) is 7.66. The predicted octanol–water partition coefficient (Wildman–Crippen LogP) is 2.23. The molecule has 102 valence electrons. The van der Waals surface area contributed by atoms with Crippen LogP contribution in [0.2, 0.25) is 5.15 Å². The second kappa shape index (κ2) is 5.73. The molecule has 7 heteroatoms. The van der Waals surface area contributed by atoms with Crippen molar-refractivity contribution in [2.45, 2.75) is 18.4 Å². The van der Waals surface area contributed by atoms with Crippen LogP contribution in [-0.2, 0) is 10.0 Å². The average molecular weight is 300 g/mol. The van der Waals surface area contributed by atoms with Gasteiger partial charge < -0.3 is 0 Å². The topological polar surface area (TPSA) is 63.5 Å². The summed E-state index contributed by atoms with van der Waals surface area (Å²) in [6.07, 6.45) is 6.01. The van der Waals surface area contributed by atoms with E-state index < -0.39 is 10.0 Å². The van der Waals surface area contributed by atoms with E-state index >= 15 is 0 Å². The number of aromatic nitrogens is 2. The number of sulfonamides is 1. The van der Waals surface area contributed by atoms with Gasteiger partial charge in [-0.05, 0) is 25.5 Å². The molecule has 0 unspecified atom stereocenters. The molecule has 0 aliphatic carbocycles. The monoisotopic (exact) mass is 299 g/mol. The van der Waals surface area contributed by atoms with Gasteiger partial charge in [-0.15, -0.1) is 0 Å². The van der Waals surface area contributed by atoms with Gasteiger partial charge in [-0.25, -0.2) is 18.1 Å². The van der Waals surface area contributed by atoms with Crippen LogP contribution < -0.4 is 4.72 Å². The van der Waals surface area contributed by atoms with Crippen LogP contribution >= 0.6 is 11.6 Å². The minimum absolute atomic E-state index is 0.0229. The summed E-state index contributed by atoms with van der Waals surface area (Å²) in [4.78, 5) is 4.02. The van der Waals surface area contributed by atoms with Crippen LogP contribution in [0.4, 0.5) is 0 Å². The number of nitrogens with one attached hydrogen (secondary N) is 1. The molecule has 0 aromatic carbocycles. The van der Waals surface area contributed by atoms with E-state index in [1.54, 1.807) is 24.4 Å². The van der Waals surface area contributed by atoms with Crippen LogP contribution in [0.5, 0.6) is 0 Å². The third-order valence-corrected chi connectivity index (χ3v) is 4.40. The first-order valence-electron chi connectivity index (χ1n) is 5.79. The number of hydrogen-bond donors (Lipinski definition) is 1. The molecule has 0 spiro atoms. The minimum atomic E-state index is -3.67. The Morgan fingerprint density at radius 3 is 3.00 bits per heavy atom. The van der Waals surface area contributed by atoms with Crippen molar-refractivity contribution in [3.8, 4) is 0 Å². The van der Waals surface area contributed by atoms with Crippen LogP contribution in [-0.4, -0.2) is 24.3 Å². The van der Waals surface area contributed by atoms with E-state index in [1.807, 2.05) is 19.1 Å². The summed E-state index contributed by atoms with van der Waals surface area (Å²) < 4.78 is 28.4. The van der Waals surface area contributed by atoms with E-state index in [-0.39, 0.29) is 10.2 Å². The minimum Gasteiger partial charge on any atom is -0.288 e. The summed E-state index contributed by atoms with van der Waals surface area (Å²) >= 11 is 5.93.